The Morgan fingerprint density at radius 1 is 1.22 bits per heavy atom. The van der Waals surface area contributed by atoms with E-state index in [0.29, 0.717) is 16.9 Å². The number of nitrogens with one attached hydrogen (secondary N) is 1. The van der Waals surface area contributed by atoms with Gasteiger partial charge in [0.1, 0.15) is 5.82 Å². The zero-order valence-corrected chi connectivity index (χ0v) is 12.1. The van der Waals surface area contributed by atoms with Gasteiger partial charge in [0.15, 0.2) is 5.69 Å². The molecule has 7 heteroatoms. The van der Waals surface area contributed by atoms with Crippen molar-refractivity contribution in [3.8, 4) is 11.4 Å². The molecule has 0 saturated carbocycles. The fourth-order valence-corrected chi connectivity index (χ4v) is 2.50. The number of hydrogen-bond donors (Lipinski definition) is 3. The van der Waals surface area contributed by atoms with Crippen molar-refractivity contribution in [3.63, 3.8) is 0 Å². The van der Waals surface area contributed by atoms with Gasteiger partial charge < -0.3 is 14.9 Å². The predicted molar refractivity (Wildman–Crippen MR) is 83.2 cm³/mol. The second kappa shape index (κ2) is 6.17. The third-order valence-corrected chi connectivity index (χ3v) is 3.58. The number of nitrogens with zero attached hydrogens (tertiary/aromatic N) is 2. The Morgan fingerprint density at radius 3 is 2.61 bits per heavy atom. The van der Waals surface area contributed by atoms with Gasteiger partial charge in [-0.15, -0.1) is 0 Å². The second-order valence-corrected chi connectivity index (χ2v) is 5.11. The van der Waals surface area contributed by atoms with E-state index in [-0.39, 0.29) is 18.7 Å². The number of carbonyl (C=O) groups is 1. The molecule has 0 bridgehead atoms. The molecule has 3 aromatic rings. The van der Waals surface area contributed by atoms with E-state index in [2.05, 4.69) is 4.98 Å². The predicted octanol–water partition coefficient (Wildman–Crippen LogP) is 1.58. The first-order valence-electron chi connectivity index (χ1n) is 7.07. The molecule has 7 nitrogen and oxygen atoms in total. The molecule has 118 valence electrons. The van der Waals surface area contributed by atoms with Gasteiger partial charge in [0.05, 0.1) is 17.5 Å². The number of imidazole rings is 1. The zero-order valence-electron chi connectivity index (χ0n) is 12.1. The minimum atomic E-state index is -1.03. The summed E-state index contributed by atoms with van der Waals surface area (Å²) in [5, 5.41) is 28.3. The van der Waals surface area contributed by atoms with Gasteiger partial charge in [0.25, 0.3) is 0 Å². The van der Waals surface area contributed by atoms with E-state index in [1.165, 1.54) is 12.1 Å². The third kappa shape index (κ3) is 3.07. The van der Waals surface area contributed by atoms with Crippen molar-refractivity contribution in [3.05, 3.63) is 53.7 Å². The van der Waals surface area contributed by atoms with Crippen molar-refractivity contribution in [2.24, 2.45) is 0 Å². The van der Waals surface area contributed by atoms with Crippen molar-refractivity contribution in [1.82, 2.24) is 9.55 Å². The van der Waals surface area contributed by atoms with E-state index in [0.717, 1.165) is 5.56 Å². The van der Waals surface area contributed by atoms with Crippen molar-refractivity contribution < 1.29 is 20.3 Å². The van der Waals surface area contributed by atoms with Crippen LogP contribution in [0, 0.1) is 5.21 Å². The molecule has 2 aromatic carbocycles. The van der Waals surface area contributed by atoms with E-state index in [1.54, 1.807) is 10.6 Å². The lowest BCUT2D eigenvalue weighted by atomic mass is 10.2. The van der Waals surface area contributed by atoms with Crippen molar-refractivity contribution in [2.75, 3.05) is 0 Å². The van der Waals surface area contributed by atoms with Crippen LogP contribution in [0.1, 0.15) is 6.42 Å². The molecule has 0 aliphatic rings. The van der Waals surface area contributed by atoms with E-state index < -0.39 is 11.2 Å². The molecule has 1 atom stereocenters. The number of aliphatic carboxylic acids is 1. The van der Waals surface area contributed by atoms with Gasteiger partial charge in [-0.2, -0.15) is 5.23 Å². The van der Waals surface area contributed by atoms with Crippen LogP contribution in [-0.4, -0.2) is 25.8 Å². The number of fused-ring (bicyclic) bond motifs is 1. The summed E-state index contributed by atoms with van der Waals surface area (Å²) < 4.78 is 1.76. The number of hydrogen-bond acceptors (Lipinski definition) is 4. The van der Waals surface area contributed by atoms with Crippen LogP contribution in [0.25, 0.3) is 22.4 Å². The highest BCUT2D eigenvalue weighted by molar-refractivity contribution is 5.83. The summed E-state index contributed by atoms with van der Waals surface area (Å²) in [5.41, 5.74) is 2.25. The first kappa shape index (κ1) is 15.2. The summed E-state index contributed by atoms with van der Waals surface area (Å²) >= 11 is 0. The molecule has 0 radical (unpaired) electrons. The molecular weight excluding hydrogens is 298 g/mol. The third-order valence-electron chi connectivity index (χ3n) is 3.58. The summed E-state index contributed by atoms with van der Waals surface area (Å²) in [7, 11) is 0. The van der Waals surface area contributed by atoms with E-state index in [4.69, 9.17) is 10.3 Å². The summed E-state index contributed by atoms with van der Waals surface area (Å²) in [5.74, 6) is -0.287. The lowest BCUT2D eigenvalue weighted by Crippen LogP contribution is -2.99. The second-order valence-electron chi connectivity index (χ2n) is 5.11. The standard InChI is InChI=1S/C16H15N3O4/c20-15(21)8-9-18-14-10-12(19(22)23)6-7-13(14)17-16(18)11-4-2-1-3-5-11/h1-7,10,19,22H,8-9H2,(H,20,21). The van der Waals surface area contributed by atoms with Gasteiger partial charge in [0.2, 0.25) is 0 Å². The average molecular weight is 313 g/mol. The van der Waals surface area contributed by atoms with Crippen LogP contribution in [-0.2, 0) is 11.3 Å². The van der Waals surface area contributed by atoms with Gasteiger partial charge >= 0.3 is 5.97 Å². The van der Waals surface area contributed by atoms with Gasteiger partial charge in [-0.1, -0.05) is 30.3 Å². The first-order chi connectivity index (χ1) is 11.1. The lowest BCUT2D eigenvalue weighted by molar-refractivity contribution is -0.991. The normalized spacial score (nSPS) is 12.4. The van der Waals surface area contributed by atoms with Gasteiger partial charge in [-0.05, 0) is 6.07 Å². The summed E-state index contributed by atoms with van der Waals surface area (Å²) in [6.45, 7) is 0.221. The molecule has 0 fully saturated rings. The fourth-order valence-electron chi connectivity index (χ4n) is 2.50. The number of aryl methyl sites for hydroxylation is 1. The lowest BCUT2D eigenvalue weighted by Gasteiger charge is -2.12. The minimum absolute atomic E-state index is 0.0669. The molecule has 0 saturated heterocycles. The SMILES string of the molecule is O=C(O)CCn1c(-c2ccccc2)nc2ccc([NH+]([O-])O)cc21. The van der Waals surface area contributed by atoms with Gasteiger partial charge in [0, 0.05) is 24.2 Å². The van der Waals surface area contributed by atoms with E-state index in [1.807, 2.05) is 30.3 Å². The van der Waals surface area contributed by atoms with Crippen LogP contribution < -0.4 is 5.23 Å². The number of carboxylic acid groups (broad SMARTS) is 1. The Morgan fingerprint density at radius 2 is 1.96 bits per heavy atom. The highest BCUT2D eigenvalue weighted by Gasteiger charge is 2.15. The topological polar surface area (TPSA) is 103 Å². The summed E-state index contributed by atoms with van der Waals surface area (Å²) in [6, 6.07) is 14.1. The molecule has 0 amide bonds. The fraction of sp³-hybridized carbons (Fsp3) is 0.125. The molecule has 3 N–H and O–H groups in total. The quantitative estimate of drug-likeness (QED) is 0.621. The Balaban J connectivity index is 2.18. The van der Waals surface area contributed by atoms with Gasteiger partial charge in [-0.3, -0.25) is 4.79 Å². The van der Waals surface area contributed by atoms with Crippen LogP contribution in [0.5, 0.6) is 0 Å². The maximum atomic E-state index is 11.2. The van der Waals surface area contributed by atoms with Gasteiger partial charge in [-0.25, -0.2) is 10.2 Å². The van der Waals surface area contributed by atoms with E-state index >= 15 is 0 Å². The molecule has 3 rings (SSSR count). The van der Waals surface area contributed by atoms with Crippen LogP contribution in [0.4, 0.5) is 5.69 Å². The van der Waals surface area contributed by atoms with Crippen molar-refractivity contribution >= 4 is 22.7 Å². The molecular formula is C16H15N3O4. The molecule has 1 heterocycles. The van der Waals surface area contributed by atoms with E-state index in [9.17, 15) is 10.0 Å². The smallest absolute Gasteiger partial charge is 0.305 e. The Bertz CT molecular complexity index is 843. The molecule has 0 spiro atoms. The molecule has 0 aliphatic heterocycles. The first-order valence-corrected chi connectivity index (χ1v) is 7.07. The molecule has 23 heavy (non-hydrogen) atoms. The number of rotatable bonds is 5. The van der Waals surface area contributed by atoms with Crippen LogP contribution >= 0.6 is 0 Å². The van der Waals surface area contributed by atoms with Crippen LogP contribution in [0.15, 0.2) is 48.5 Å². The number of aromatic nitrogens is 2. The van der Waals surface area contributed by atoms with Crippen molar-refractivity contribution in [1.29, 1.82) is 0 Å². The zero-order chi connectivity index (χ0) is 16.4. The maximum Gasteiger partial charge on any atom is 0.305 e. The van der Waals surface area contributed by atoms with Crippen LogP contribution in [0.2, 0.25) is 0 Å². The minimum Gasteiger partial charge on any atom is -0.595 e. The Hall–Kier alpha value is -2.74. The Labute approximate surface area is 131 Å². The molecule has 1 aromatic heterocycles. The summed E-state index contributed by atoms with van der Waals surface area (Å²) in [6.07, 6.45) is -0.0669. The number of benzene rings is 2. The maximum absolute atomic E-state index is 11.2. The highest BCUT2D eigenvalue weighted by atomic mass is 16.8. The molecule has 0 aliphatic carbocycles. The number of carboxylic acids is 1. The Kier molecular flexibility index (Phi) is 4.07. The average Bonchev–Trinajstić information content (AvgIpc) is 2.91. The largest absolute Gasteiger partial charge is 0.595 e. The summed E-state index contributed by atoms with van der Waals surface area (Å²) in [4.78, 5) is 15.5. The van der Waals surface area contributed by atoms with Crippen LogP contribution in [0.3, 0.4) is 0 Å². The monoisotopic (exact) mass is 313 g/mol. The highest BCUT2D eigenvalue weighted by Crippen LogP contribution is 2.26. The molecule has 1 unspecified atom stereocenters. The van der Waals surface area contributed by atoms with Crippen molar-refractivity contribution in [2.45, 2.75) is 13.0 Å². The number of quaternary nitrogens is 1.